The van der Waals surface area contributed by atoms with E-state index in [1.54, 1.807) is 36.5 Å². The van der Waals surface area contributed by atoms with Crippen LogP contribution in [0.2, 0.25) is 0 Å². The van der Waals surface area contributed by atoms with E-state index in [-0.39, 0.29) is 12.0 Å². The molecule has 2 aromatic heterocycles. The first kappa shape index (κ1) is 12.6. The highest BCUT2D eigenvalue weighted by Gasteiger charge is 2.29. The molecular formula is C13H14N4O3. The van der Waals surface area contributed by atoms with Gasteiger partial charge in [0.25, 0.3) is 5.91 Å². The van der Waals surface area contributed by atoms with Crippen LogP contribution in [0.15, 0.2) is 29.2 Å². The molecule has 104 valence electrons. The van der Waals surface area contributed by atoms with Gasteiger partial charge in [-0.1, -0.05) is 5.16 Å². The average molecular weight is 274 g/mol. The molecular weight excluding hydrogens is 260 g/mol. The van der Waals surface area contributed by atoms with Gasteiger partial charge in [-0.25, -0.2) is 4.98 Å². The molecule has 1 amide bonds. The number of ether oxygens (including phenoxy) is 1. The lowest BCUT2D eigenvalue weighted by Gasteiger charge is -2.15. The maximum Gasteiger partial charge on any atom is 0.276 e. The first-order chi connectivity index (χ1) is 9.72. The molecule has 7 heteroatoms. The number of rotatable bonds is 3. The second-order valence-electron chi connectivity index (χ2n) is 4.65. The molecule has 20 heavy (non-hydrogen) atoms. The molecule has 2 aromatic rings. The summed E-state index contributed by atoms with van der Waals surface area (Å²) in [5, 5.41) is 3.74. The molecule has 0 radical (unpaired) electrons. The minimum atomic E-state index is -0.132. The Labute approximate surface area is 115 Å². The third-order valence-corrected chi connectivity index (χ3v) is 3.11. The molecule has 7 nitrogen and oxygen atoms in total. The summed E-state index contributed by atoms with van der Waals surface area (Å²) < 4.78 is 10.6. The van der Waals surface area contributed by atoms with Crippen molar-refractivity contribution in [1.29, 1.82) is 0 Å². The first-order valence-electron chi connectivity index (χ1n) is 6.37. The molecule has 1 fully saturated rings. The Morgan fingerprint density at radius 3 is 3.10 bits per heavy atom. The Hall–Kier alpha value is -2.44. The topological polar surface area (TPSA) is 81.4 Å². The van der Waals surface area contributed by atoms with Crippen LogP contribution >= 0.6 is 0 Å². The number of aryl methyl sites for hydroxylation is 1. The standard InChI is InChI=1S/C13H14N4O3/c1-9-6-11(16-20-9)13(18)17-5-2-10(8-17)19-12-7-14-3-4-15-12/h3-4,6-7,10H,2,5,8H2,1H3/t10-/m0/s1. The van der Waals surface area contributed by atoms with Gasteiger partial charge in [0.05, 0.1) is 12.7 Å². The van der Waals surface area contributed by atoms with Crippen molar-refractivity contribution in [3.05, 3.63) is 36.1 Å². The quantitative estimate of drug-likeness (QED) is 0.832. The van der Waals surface area contributed by atoms with Crippen molar-refractivity contribution < 1.29 is 14.1 Å². The highest BCUT2D eigenvalue weighted by molar-refractivity contribution is 5.92. The number of carbonyl (C=O) groups excluding carboxylic acids is 1. The van der Waals surface area contributed by atoms with E-state index in [1.165, 1.54) is 0 Å². The second-order valence-corrected chi connectivity index (χ2v) is 4.65. The van der Waals surface area contributed by atoms with Crippen molar-refractivity contribution in [2.75, 3.05) is 13.1 Å². The normalized spacial score (nSPS) is 18.2. The first-order valence-corrected chi connectivity index (χ1v) is 6.37. The molecule has 1 saturated heterocycles. The third kappa shape index (κ3) is 2.61. The van der Waals surface area contributed by atoms with Gasteiger partial charge in [0, 0.05) is 31.4 Å². The molecule has 0 aliphatic carbocycles. The van der Waals surface area contributed by atoms with Crippen LogP contribution in [0.25, 0.3) is 0 Å². The highest BCUT2D eigenvalue weighted by atomic mass is 16.5. The summed E-state index contributed by atoms with van der Waals surface area (Å²) >= 11 is 0. The van der Waals surface area contributed by atoms with Crippen LogP contribution in [-0.4, -0.2) is 45.1 Å². The van der Waals surface area contributed by atoms with Crippen molar-refractivity contribution in [1.82, 2.24) is 20.0 Å². The highest BCUT2D eigenvalue weighted by Crippen LogP contribution is 2.17. The summed E-state index contributed by atoms with van der Waals surface area (Å²) in [6.45, 7) is 2.91. The van der Waals surface area contributed by atoms with E-state index in [1.807, 2.05) is 0 Å². The van der Waals surface area contributed by atoms with Crippen LogP contribution in [0.4, 0.5) is 0 Å². The number of aromatic nitrogens is 3. The van der Waals surface area contributed by atoms with E-state index in [9.17, 15) is 4.79 Å². The number of hydrogen-bond donors (Lipinski definition) is 0. The lowest BCUT2D eigenvalue weighted by Crippen LogP contribution is -2.31. The predicted octanol–water partition coefficient (Wildman–Crippen LogP) is 1.07. The van der Waals surface area contributed by atoms with Crippen LogP contribution in [0.5, 0.6) is 5.88 Å². The zero-order valence-electron chi connectivity index (χ0n) is 11.0. The van der Waals surface area contributed by atoms with Crippen LogP contribution in [0.1, 0.15) is 22.7 Å². The second kappa shape index (κ2) is 5.28. The monoisotopic (exact) mass is 274 g/mol. The van der Waals surface area contributed by atoms with Crippen molar-refractivity contribution in [2.45, 2.75) is 19.4 Å². The Bertz CT molecular complexity index is 599. The SMILES string of the molecule is Cc1cc(C(=O)N2CC[C@H](Oc3cnccn3)C2)no1. The molecule has 1 aliphatic heterocycles. The number of carbonyl (C=O) groups is 1. The van der Waals surface area contributed by atoms with Gasteiger partial charge in [0.15, 0.2) is 5.69 Å². The zero-order chi connectivity index (χ0) is 13.9. The van der Waals surface area contributed by atoms with E-state index in [0.29, 0.717) is 30.4 Å². The summed E-state index contributed by atoms with van der Waals surface area (Å²) in [6, 6.07) is 1.64. The van der Waals surface area contributed by atoms with Gasteiger partial charge in [0.2, 0.25) is 5.88 Å². The Balaban J connectivity index is 1.61. The third-order valence-electron chi connectivity index (χ3n) is 3.11. The molecule has 0 saturated carbocycles. The molecule has 3 heterocycles. The summed E-state index contributed by atoms with van der Waals surface area (Å²) in [5.41, 5.74) is 0.336. The van der Waals surface area contributed by atoms with Gasteiger partial charge in [-0.05, 0) is 6.92 Å². The van der Waals surface area contributed by atoms with Crippen LogP contribution in [0, 0.1) is 6.92 Å². The summed E-state index contributed by atoms with van der Waals surface area (Å²) in [7, 11) is 0. The van der Waals surface area contributed by atoms with E-state index in [4.69, 9.17) is 9.26 Å². The van der Waals surface area contributed by atoms with Gasteiger partial charge >= 0.3 is 0 Å². The molecule has 0 N–H and O–H groups in total. The molecule has 0 unspecified atom stereocenters. The number of amides is 1. The largest absolute Gasteiger partial charge is 0.471 e. The predicted molar refractivity (Wildman–Crippen MR) is 68.2 cm³/mol. The van der Waals surface area contributed by atoms with E-state index < -0.39 is 0 Å². The van der Waals surface area contributed by atoms with E-state index in [0.717, 1.165) is 6.42 Å². The van der Waals surface area contributed by atoms with Gasteiger partial charge in [-0.15, -0.1) is 0 Å². The minimum absolute atomic E-state index is 0.0661. The number of hydrogen-bond acceptors (Lipinski definition) is 6. The number of likely N-dealkylation sites (tertiary alicyclic amines) is 1. The Morgan fingerprint density at radius 2 is 2.40 bits per heavy atom. The van der Waals surface area contributed by atoms with Crippen molar-refractivity contribution in [3.63, 3.8) is 0 Å². The fourth-order valence-electron chi connectivity index (χ4n) is 2.16. The zero-order valence-corrected chi connectivity index (χ0v) is 11.0. The maximum atomic E-state index is 12.2. The molecule has 0 bridgehead atoms. The molecule has 3 rings (SSSR count). The Kier molecular flexibility index (Phi) is 3.32. The smallest absolute Gasteiger partial charge is 0.276 e. The fourth-order valence-corrected chi connectivity index (χ4v) is 2.16. The van der Waals surface area contributed by atoms with Gasteiger partial charge in [0.1, 0.15) is 11.9 Å². The Morgan fingerprint density at radius 1 is 1.50 bits per heavy atom. The van der Waals surface area contributed by atoms with Crippen molar-refractivity contribution in [3.8, 4) is 5.88 Å². The lowest BCUT2D eigenvalue weighted by molar-refractivity contribution is 0.0761. The van der Waals surface area contributed by atoms with Gasteiger partial charge in [-0.3, -0.25) is 9.78 Å². The van der Waals surface area contributed by atoms with Gasteiger partial charge in [-0.2, -0.15) is 0 Å². The fraction of sp³-hybridized carbons (Fsp3) is 0.385. The summed E-state index contributed by atoms with van der Waals surface area (Å²) in [5.74, 6) is 0.969. The van der Waals surface area contributed by atoms with E-state index in [2.05, 4.69) is 15.1 Å². The summed E-state index contributed by atoms with van der Waals surface area (Å²) in [6.07, 6.45) is 5.42. The van der Waals surface area contributed by atoms with Crippen molar-refractivity contribution >= 4 is 5.91 Å². The lowest BCUT2D eigenvalue weighted by atomic mass is 10.3. The molecule has 0 aromatic carbocycles. The van der Waals surface area contributed by atoms with Crippen LogP contribution < -0.4 is 4.74 Å². The van der Waals surface area contributed by atoms with Crippen LogP contribution in [0.3, 0.4) is 0 Å². The molecule has 1 atom stereocenters. The number of nitrogens with zero attached hydrogens (tertiary/aromatic N) is 4. The minimum Gasteiger partial charge on any atom is -0.471 e. The van der Waals surface area contributed by atoms with E-state index >= 15 is 0 Å². The molecule has 1 aliphatic rings. The van der Waals surface area contributed by atoms with Crippen molar-refractivity contribution in [2.24, 2.45) is 0 Å². The van der Waals surface area contributed by atoms with Crippen LogP contribution in [-0.2, 0) is 0 Å². The van der Waals surface area contributed by atoms with Gasteiger partial charge < -0.3 is 14.2 Å². The molecule has 0 spiro atoms. The summed E-state index contributed by atoms with van der Waals surface area (Å²) in [4.78, 5) is 21.9. The maximum absolute atomic E-state index is 12.2. The average Bonchev–Trinajstić information content (AvgIpc) is 3.08.